The molecule has 2 rings (SSSR count). The lowest BCUT2D eigenvalue weighted by atomic mass is 9.95. The zero-order valence-corrected chi connectivity index (χ0v) is 11.4. The lowest BCUT2D eigenvalue weighted by Crippen LogP contribution is -2.45. The van der Waals surface area contributed by atoms with Gasteiger partial charge in [0.15, 0.2) is 0 Å². The smallest absolute Gasteiger partial charge is 0.253 e. The molecule has 98 valence electrons. The minimum absolute atomic E-state index is 0.0271. The average molecular weight is 268 g/mol. The zero-order valence-electron chi connectivity index (χ0n) is 10.7. The van der Waals surface area contributed by atoms with Crippen LogP contribution in [-0.4, -0.2) is 35.1 Å². The number of halogens is 1. The number of β-amino-alcohol motifs (C(OH)–C–C–N with tert-alkyl or cyclic N) is 1. The average Bonchev–Trinajstić information content (AvgIpc) is 2.35. The van der Waals surface area contributed by atoms with E-state index in [1.54, 1.807) is 23.1 Å². The molecule has 1 fully saturated rings. The standard InChI is InChI=1S/C14H18ClNO2/c1-9-5-6-16(8-13(9)17)14(18)11-3-4-12(15)10(2)7-11/h3-4,7,9,13,17H,5-6,8H2,1-2H3. The van der Waals surface area contributed by atoms with E-state index < -0.39 is 6.10 Å². The van der Waals surface area contributed by atoms with E-state index in [1.165, 1.54) is 0 Å². The van der Waals surface area contributed by atoms with Crippen LogP contribution < -0.4 is 0 Å². The summed E-state index contributed by atoms with van der Waals surface area (Å²) in [5.41, 5.74) is 1.53. The van der Waals surface area contributed by atoms with Gasteiger partial charge in [-0.25, -0.2) is 0 Å². The summed E-state index contributed by atoms with van der Waals surface area (Å²) in [6.07, 6.45) is 0.426. The Hall–Kier alpha value is -1.06. The molecule has 1 saturated heterocycles. The number of carbonyl (C=O) groups is 1. The van der Waals surface area contributed by atoms with E-state index in [1.807, 2.05) is 13.8 Å². The Balaban J connectivity index is 2.14. The number of amides is 1. The molecule has 1 aliphatic heterocycles. The van der Waals surface area contributed by atoms with Crippen LogP contribution in [0.4, 0.5) is 0 Å². The monoisotopic (exact) mass is 267 g/mol. The molecule has 0 spiro atoms. The summed E-state index contributed by atoms with van der Waals surface area (Å²) in [4.78, 5) is 14.0. The maximum Gasteiger partial charge on any atom is 0.253 e. The zero-order chi connectivity index (χ0) is 13.3. The maximum atomic E-state index is 12.3. The third kappa shape index (κ3) is 2.68. The van der Waals surface area contributed by atoms with Crippen molar-refractivity contribution in [3.8, 4) is 0 Å². The predicted octanol–water partition coefficient (Wildman–Crippen LogP) is 2.49. The van der Waals surface area contributed by atoms with E-state index in [4.69, 9.17) is 11.6 Å². The van der Waals surface area contributed by atoms with Crippen LogP contribution in [-0.2, 0) is 0 Å². The van der Waals surface area contributed by atoms with Crippen LogP contribution in [0.2, 0.25) is 5.02 Å². The number of hydrogen-bond donors (Lipinski definition) is 1. The van der Waals surface area contributed by atoms with Gasteiger partial charge in [0.05, 0.1) is 6.10 Å². The molecule has 4 heteroatoms. The first-order valence-corrected chi connectivity index (χ1v) is 6.60. The molecule has 1 N–H and O–H groups in total. The number of aliphatic hydroxyl groups is 1. The fourth-order valence-electron chi connectivity index (χ4n) is 2.19. The first-order valence-electron chi connectivity index (χ1n) is 6.22. The Labute approximate surface area is 112 Å². The molecule has 1 aliphatic rings. The molecule has 0 aliphatic carbocycles. The van der Waals surface area contributed by atoms with Crippen molar-refractivity contribution in [3.63, 3.8) is 0 Å². The van der Waals surface area contributed by atoms with Crippen molar-refractivity contribution in [2.75, 3.05) is 13.1 Å². The number of rotatable bonds is 1. The molecule has 0 saturated carbocycles. The van der Waals surface area contributed by atoms with E-state index in [-0.39, 0.29) is 11.8 Å². The fraction of sp³-hybridized carbons (Fsp3) is 0.500. The molecule has 0 aromatic heterocycles. The van der Waals surface area contributed by atoms with E-state index in [2.05, 4.69) is 0 Å². The summed E-state index contributed by atoms with van der Waals surface area (Å²) in [6.45, 7) is 5.02. The highest BCUT2D eigenvalue weighted by Gasteiger charge is 2.27. The number of carbonyl (C=O) groups excluding carboxylic acids is 1. The van der Waals surface area contributed by atoms with Crippen LogP contribution in [0.1, 0.15) is 29.3 Å². The molecule has 0 radical (unpaired) electrons. The highest BCUT2D eigenvalue weighted by molar-refractivity contribution is 6.31. The van der Waals surface area contributed by atoms with Gasteiger partial charge in [-0.1, -0.05) is 18.5 Å². The Morgan fingerprint density at radius 2 is 2.22 bits per heavy atom. The first-order chi connectivity index (χ1) is 8.49. The van der Waals surface area contributed by atoms with Crippen LogP contribution in [0.5, 0.6) is 0 Å². The van der Waals surface area contributed by atoms with E-state index >= 15 is 0 Å². The van der Waals surface area contributed by atoms with Crippen molar-refractivity contribution >= 4 is 17.5 Å². The number of aliphatic hydroxyl groups excluding tert-OH is 1. The maximum absolute atomic E-state index is 12.3. The Kier molecular flexibility index (Phi) is 3.93. The summed E-state index contributed by atoms with van der Waals surface area (Å²) in [5, 5.41) is 10.5. The second-order valence-corrected chi connectivity index (χ2v) is 5.46. The van der Waals surface area contributed by atoms with Crippen molar-refractivity contribution in [1.82, 2.24) is 4.90 Å². The van der Waals surface area contributed by atoms with Gasteiger partial charge in [-0.05, 0) is 43.0 Å². The number of benzene rings is 1. The highest BCUT2D eigenvalue weighted by atomic mass is 35.5. The van der Waals surface area contributed by atoms with E-state index in [9.17, 15) is 9.90 Å². The van der Waals surface area contributed by atoms with Gasteiger partial charge in [0, 0.05) is 23.7 Å². The van der Waals surface area contributed by atoms with Crippen molar-refractivity contribution in [2.24, 2.45) is 5.92 Å². The first kappa shape index (κ1) is 13.4. The second kappa shape index (κ2) is 5.29. The molecule has 0 bridgehead atoms. The normalized spacial score (nSPS) is 24.1. The van der Waals surface area contributed by atoms with Crippen molar-refractivity contribution in [2.45, 2.75) is 26.4 Å². The SMILES string of the molecule is Cc1cc(C(=O)N2CCC(C)C(O)C2)ccc1Cl. The molecule has 1 aromatic carbocycles. The van der Waals surface area contributed by atoms with Gasteiger partial charge < -0.3 is 10.0 Å². The summed E-state index contributed by atoms with van der Waals surface area (Å²) >= 11 is 5.95. The third-order valence-corrected chi connectivity index (χ3v) is 4.03. The van der Waals surface area contributed by atoms with E-state index in [0.717, 1.165) is 12.0 Å². The Bertz CT molecular complexity index is 461. The van der Waals surface area contributed by atoms with Crippen molar-refractivity contribution in [3.05, 3.63) is 34.3 Å². The molecule has 1 heterocycles. The Morgan fingerprint density at radius 1 is 1.50 bits per heavy atom. The number of hydrogen-bond acceptors (Lipinski definition) is 2. The minimum atomic E-state index is -0.420. The molecule has 3 nitrogen and oxygen atoms in total. The van der Waals surface area contributed by atoms with Crippen molar-refractivity contribution in [1.29, 1.82) is 0 Å². The summed E-state index contributed by atoms with van der Waals surface area (Å²) < 4.78 is 0. The predicted molar refractivity (Wildman–Crippen MR) is 71.9 cm³/mol. The van der Waals surface area contributed by atoms with E-state index in [0.29, 0.717) is 23.7 Å². The minimum Gasteiger partial charge on any atom is -0.391 e. The van der Waals surface area contributed by atoms with Gasteiger partial charge in [-0.2, -0.15) is 0 Å². The number of aryl methyl sites for hydroxylation is 1. The largest absolute Gasteiger partial charge is 0.391 e. The van der Waals surface area contributed by atoms with Crippen LogP contribution in [0.25, 0.3) is 0 Å². The second-order valence-electron chi connectivity index (χ2n) is 5.05. The van der Waals surface area contributed by atoms with Gasteiger partial charge in [0.25, 0.3) is 5.91 Å². The fourth-order valence-corrected chi connectivity index (χ4v) is 2.31. The molecular weight excluding hydrogens is 250 g/mol. The quantitative estimate of drug-likeness (QED) is 0.849. The summed E-state index contributed by atoms with van der Waals surface area (Å²) in [5.74, 6) is 0.238. The lowest BCUT2D eigenvalue weighted by Gasteiger charge is -2.34. The van der Waals surface area contributed by atoms with Gasteiger partial charge in [-0.15, -0.1) is 0 Å². The molecule has 1 amide bonds. The number of piperidine rings is 1. The van der Waals surface area contributed by atoms with Gasteiger partial charge >= 0.3 is 0 Å². The molecular formula is C14H18ClNO2. The number of nitrogens with zero attached hydrogens (tertiary/aromatic N) is 1. The van der Waals surface area contributed by atoms with Crippen LogP contribution >= 0.6 is 11.6 Å². The number of likely N-dealkylation sites (tertiary alicyclic amines) is 1. The summed E-state index contributed by atoms with van der Waals surface area (Å²) in [6, 6.07) is 5.28. The molecule has 1 aromatic rings. The van der Waals surface area contributed by atoms with Crippen LogP contribution in [0, 0.1) is 12.8 Å². The molecule has 2 atom stereocenters. The Morgan fingerprint density at radius 3 is 2.83 bits per heavy atom. The molecule has 18 heavy (non-hydrogen) atoms. The summed E-state index contributed by atoms with van der Waals surface area (Å²) in [7, 11) is 0. The highest BCUT2D eigenvalue weighted by Crippen LogP contribution is 2.21. The molecule has 2 unspecified atom stereocenters. The third-order valence-electron chi connectivity index (χ3n) is 3.61. The van der Waals surface area contributed by atoms with Crippen LogP contribution in [0.3, 0.4) is 0 Å². The van der Waals surface area contributed by atoms with Gasteiger partial charge in [0.2, 0.25) is 0 Å². The van der Waals surface area contributed by atoms with Crippen molar-refractivity contribution < 1.29 is 9.90 Å². The van der Waals surface area contributed by atoms with Gasteiger partial charge in [0.1, 0.15) is 0 Å². The topological polar surface area (TPSA) is 40.5 Å². The van der Waals surface area contributed by atoms with Crippen LogP contribution in [0.15, 0.2) is 18.2 Å². The lowest BCUT2D eigenvalue weighted by molar-refractivity contribution is 0.0248. The van der Waals surface area contributed by atoms with Gasteiger partial charge in [-0.3, -0.25) is 4.79 Å².